The number of thiophene rings is 1. The van der Waals surface area contributed by atoms with E-state index in [-0.39, 0.29) is 0 Å². The smallest absolute Gasteiger partial charge is 0.0413 e. The molecule has 0 N–H and O–H groups in total. The molecule has 0 atom stereocenters. The average molecular weight is 178 g/mol. The second-order valence-corrected chi connectivity index (χ2v) is 3.69. The van der Waals surface area contributed by atoms with Gasteiger partial charge in [-0.25, -0.2) is 0 Å². The first kappa shape index (κ1) is 9.35. The Kier molecular flexibility index (Phi) is 3.37. The fourth-order valence-electron chi connectivity index (χ4n) is 1.10. The maximum atomic E-state index is 3.22. The number of hydrogen-bond acceptors (Lipinski definition) is 1. The van der Waals surface area contributed by atoms with E-state index in [2.05, 4.69) is 38.0 Å². The van der Waals surface area contributed by atoms with E-state index in [4.69, 9.17) is 0 Å². The van der Waals surface area contributed by atoms with Gasteiger partial charge in [-0.3, -0.25) is 0 Å². The summed E-state index contributed by atoms with van der Waals surface area (Å²) in [6.07, 6.45) is 2.05. The third kappa shape index (κ3) is 1.89. The fraction of sp³-hybridized carbons (Fsp3) is 0.455. The first-order valence-corrected chi connectivity index (χ1v) is 5.23. The van der Waals surface area contributed by atoms with Crippen molar-refractivity contribution in [3.05, 3.63) is 21.4 Å². The molecule has 0 spiro atoms. The van der Waals surface area contributed by atoms with Crippen molar-refractivity contribution in [1.82, 2.24) is 0 Å². The lowest BCUT2D eigenvalue weighted by Gasteiger charge is -1.92. The quantitative estimate of drug-likeness (QED) is 0.578. The Morgan fingerprint density at radius 3 is 2.75 bits per heavy atom. The van der Waals surface area contributed by atoms with Crippen molar-refractivity contribution in [3.63, 3.8) is 0 Å². The number of rotatable bonds is 1. The zero-order chi connectivity index (χ0) is 8.97. The van der Waals surface area contributed by atoms with Crippen molar-refractivity contribution in [2.75, 3.05) is 0 Å². The monoisotopic (exact) mass is 178 g/mol. The number of hydrogen-bond donors (Lipinski definition) is 0. The van der Waals surface area contributed by atoms with Gasteiger partial charge < -0.3 is 0 Å². The summed E-state index contributed by atoms with van der Waals surface area (Å²) in [6.45, 7) is 6.40. The molecule has 0 aliphatic rings. The molecular formula is C11H14S. The topological polar surface area (TPSA) is 0 Å². The molecule has 0 saturated carbocycles. The van der Waals surface area contributed by atoms with Crippen LogP contribution in [0.3, 0.4) is 0 Å². The zero-order valence-electron chi connectivity index (χ0n) is 7.90. The summed E-state index contributed by atoms with van der Waals surface area (Å²) in [5.74, 6) is 6.35. The summed E-state index contributed by atoms with van der Waals surface area (Å²) in [7, 11) is 0. The van der Waals surface area contributed by atoms with Gasteiger partial charge >= 0.3 is 0 Å². The Morgan fingerprint density at radius 1 is 1.42 bits per heavy atom. The van der Waals surface area contributed by atoms with E-state index in [1.807, 2.05) is 11.3 Å². The van der Waals surface area contributed by atoms with Gasteiger partial charge in [0.1, 0.15) is 0 Å². The van der Waals surface area contributed by atoms with E-state index in [9.17, 15) is 0 Å². The summed E-state index contributed by atoms with van der Waals surface area (Å²) in [5.41, 5.74) is 2.60. The zero-order valence-corrected chi connectivity index (χ0v) is 8.72. The molecule has 0 bridgehead atoms. The van der Waals surface area contributed by atoms with Gasteiger partial charge in [0.15, 0.2) is 0 Å². The van der Waals surface area contributed by atoms with Crippen LogP contribution in [0, 0.1) is 18.8 Å². The van der Waals surface area contributed by atoms with Gasteiger partial charge in [0.2, 0.25) is 0 Å². The maximum absolute atomic E-state index is 3.22. The van der Waals surface area contributed by atoms with Gasteiger partial charge in [-0.1, -0.05) is 25.7 Å². The summed E-state index contributed by atoms with van der Waals surface area (Å²) in [4.78, 5) is 1.42. The second-order valence-electron chi connectivity index (χ2n) is 2.73. The van der Waals surface area contributed by atoms with E-state index >= 15 is 0 Å². The lowest BCUT2D eigenvalue weighted by Crippen LogP contribution is -1.81. The highest BCUT2D eigenvalue weighted by Gasteiger charge is 2.02. The van der Waals surface area contributed by atoms with Crippen molar-refractivity contribution < 1.29 is 0 Å². The Labute approximate surface area is 78.6 Å². The molecule has 0 aliphatic heterocycles. The van der Waals surface area contributed by atoms with Crippen LogP contribution in [0.5, 0.6) is 0 Å². The van der Waals surface area contributed by atoms with E-state index in [1.165, 1.54) is 16.0 Å². The Bertz CT molecular complexity index is 309. The van der Waals surface area contributed by atoms with Crippen LogP contribution in [0.15, 0.2) is 5.38 Å². The Hall–Kier alpha value is -0.740. The molecule has 0 fully saturated rings. The second kappa shape index (κ2) is 4.33. The molecule has 1 aromatic rings. The SMILES string of the molecule is CCC#Cc1c(C)csc1CC. The van der Waals surface area contributed by atoms with Crippen molar-refractivity contribution in [2.24, 2.45) is 0 Å². The minimum Gasteiger partial charge on any atom is -0.147 e. The van der Waals surface area contributed by atoms with Crippen molar-refractivity contribution in [1.29, 1.82) is 0 Å². The molecule has 1 aromatic heterocycles. The van der Waals surface area contributed by atoms with Crippen LogP contribution in [-0.2, 0) is 6.42 Å². The minimum absolute atomic E-state index is 0.943. The lowest BCUT2D eigenvalue weighted by molar-refractivity contribution is 1.17. The first-order valence-electron chi connectivity index (χ1n) is 4.35. The fourth-order valence-corrected chi connectivity index (χ4v) is 2.04. The van der Waals surface area contributed by atoms with Crippen LogP contribution in [-0.4, -0.2) is 0 Å². The van der Waals surface area contributed by atoms with Crippen LogP contribution in [0.4, 0.5) is 0 Å². The van der Waals surface area contributed by atoms with Gasteiger partial charge in [-0.05, 0) is 24.3 Å². The normalized spacial score (nSPS) is 9.25. The Morgan fingerprint density at radius 2 is 2.17 bits per heavy atom. The van der Waals surface area contributed by atoms with Crippen LogP contribution < -0.4 is 0 Å². The molecule has 0 amide bonds. The van der Waals surface area contributed by atoms with Crippen LogP contribution in [0.1, 0.15) is 36.3 Å². The molecule has 0 unspecified atom stereocenters. The molecule has 0 aromatic carbocycles. The summed E-state index contributed by atoms with van der Waals surface area (Å²) < 4.78 is 0. The molecule has 1 heterocycles. The van der Waals surface area contributed by atoms with E-state index in [1.54, 1.807) is 0 Å². The lowest BCUT2D eigenvalue weighted by atomic mass is 10.1. The third-order valence-electron chi connectivity index (χ3n) is 1.76. The van der Waals surface area contributed by atoms with Gasteiger partial charge in [0, 0.05) is 16.9 Å². The largest absolute Gasteiger partial charge is 0.147 e. The Balaban J connectivity index is 3.02. The molecule has 0 radical (unpaired) electrons. The minimum atomic E-state index is 0.943. The standard InChI is InChI=1S/C11H14S/c1-4-6-7-10-9(3)8-12-11(10)5-2/h8H,4-5H2,1-3H3. The first-order chi connectivity index (χ1) is 5.79. The van der Waals surface area contributed by atoms with Gasteiger partial charge in [-0.15, -0.1) is 11.3 Å². The van der Waals surface area contributed by atoms with Gasteiger partial charge in [0.25, 0.3) is 0 Å². The van der Waals surface area contributed by atoms with E-state index in [0.29, 0.717) is 0 Å². The molecule has 12 heavy (non-hydrogen) atoms. The van der Waals surface area contributed by atoms with Crippen LogP contribution in [0.2, 0.25) is 0 Å². The molecule has 1 rings (SSSR count). The van der Waals surface area contributed by atoms with E-state index in [0.717, 1.165) is 12.8 Å². The van der Waals surface area contributed by atoms with Crippen molar-refractivity contribution in [2.45, 2.75) is 33.6 Å². The van der Waals surface area contributed by atoms with Crippen molar-refractivity contribution in [3.8, 4) is 11.8 Å². The highest BCUT2D eigenvalue weighted by Crippen LogP contribution is 2.21. The van der Waals surface area contributed by atoms with Gasteiger partial charge in [-0.2, -0.15) is 0 Å². The maximum Gasteiger partial charge on any atom is 0.0413 e. The molecular weight excluding hydrogens is 164 g/mol. The number of aryl methyl sites for hydroxylation is 2. The summed E-state index contributed by atoms with van der Waals surface area (Å²) >= 11 is 1.82. The highest BCUT2D eigenvalue weighted by molar-refractivity contribution is 7.10. The molecule has 1 heteroatoms. The molecule has 0 aliphatic carbocycles. The molecule has 0 saturated heterocycles. The third-order valence-corrected chi connectivity index (χ3v) is 3.01. The van der Waals surface area contributed by atoms with Crippen LogP contribution in [0.25, 0.3) is 0 Å². The molecule has 64 valence electrons. The predicted molar refractivity (Wildman–Crippen MR) is 55.6 cm³/mol. The predicted octanol–water partition coefficient (Wildman–Crippen LogP) is 3.38. The van der Waals surface area contributed by atoms with Crippen LogP contribution >= 0.6 is 11.3 Å². The summed E-state index contributed by atoms with van der Waals surface area (Å²) in [6, 6.07) is 0. The average Bonchev–Trinajstić information content (AvgIpc) is 2.43. The van der Waals surface area contributed by atoms with E-state index < -0.39 is 0 Å². The summed E-state index contributed by atoms with van der Waals surface area (Å²) in [5, 5.41) is 2.19. The van der Waals surface area contributed by atoms with Gasteiger partial charge in [0.05, 0.1) is 0 Å². The highest BCUT2D eigenvalue weighted by atomic mass is 32.1. The molecule has 0 nitrogen and oxygen atoms in total. The van der Waals surface area contributed by atoms with Crippen molar-refractivity contribution >= 4 is 11.3 Å².